The highest BCUT2D eigenvalue weighted by atomic mass is 35.5. The zero-order valence-electron chi connectivity index (χ0n) is 71.5. The van der Waals surface area contributed by atoms with Crippen molar-refractivity contribution in [2.45, 2.75) is 217 Å². The lowest BCUT2D eigenvalue weighted by Gasteiger charge is -2.30. The van der Waals surface area contributed by atoms with Gasteiger partial charge < -0.3 is 86.1 Å². The molecule has 4 aromatic rings. The van der Waals surface area contributed by atoms with E-state index in [1.54, 1.807) is 70.2 Å². The van der Waals surface area contributed by atoms with E-state index in [4.69, 9.17) is 40.3 Å². The van der Waals surface area contributed by atoms with Crippen LogP contribution in [0.5, 0.6) is 5.75 Å². The van der Waals surface area contributed by atoms with Crippen molar-refractivity contribution in [2.75, 3.05) is 62.3 Å². The maximum Gasteiger partial charge on any atom is 0.243 e. The Kier molecular flexibility index (Phi) is 43.3. The maximum absolute atomic E-state index is 14.4. The van der Waals surface area contributed by atoms with Gasteiger partial charge in [-0.3, -0.25) is 81.7 Å². The minimum atomic E-state index is -1.43. The van der Waals surface area contributed by atoms with Crippen molar-refractivity contribution < 1.29 is 81.8 Å². The fraction of sp³-hybridized carbons (Fsp3) is 0.575. The molecule has 12 atom stereocenters. The van der Waals surface area contributed by atoms with E-state index in [0.29, 0.717) is 119 Å². The number of thioether (sulfide) groups is 2. The molecule has 0 spiro atoms. The van der Waals surface area contributed by atoms with Crippen LogP contribution >= 0.6 is 57.8 Å². The molecular formula is C87H123ClN16O17S4. The zero-order valence-corrected chi connectivity index (χ0v) is 75.5. The molecule has 38 heteroatoms. The van der Waals surface area contributed by atoms with E-state index in [1.165, 1.54) is 68.1 Å². The largest absolute Gasteiger partial charge is 0.508 e. The summed E-state index contributed by atoms with van der Waals surface area (Å²) in [5, 5.41) is 36.3. The second-order valence-electron chi connectivity index (χ2n) is 32.8. The van der Waals surface area contributed by atoms with Gasteiger partial charge in [0, 0.05) is 122 Å². The molecule has 33 nitrogen and oxygen atoms in total. The maximum atomic E-state index is 14.4. The van der Waals surface area contributed by atoms with Gasteiger partial charge in [0.15, 0.2) is 17.5 Å². The highest BCUT2D eigenvalue weighted by molar-refractivity contribution is 7.99. The number of carbonyl (C=O) groups is 16. The molecule has 4 fully saturated rings. The number of phenolic OH excluding ortho intramolecular Hbond substituents is 1. The van der Waals surface area contributed by atoms with Gasteiger partial charge >= 0.3 is 0 Å². The van der Waals surface area contributed by atoms with E-state index >= 15 is 0 Å². The number of halogens is 1. The fourth-order valence-corrected chi connectivity index (χ4v) is 18.9. The molecule has 0 aliphatic carbocycles. The van der Waals surface area contributed by atoms with E-state index in [0.717, 1.165) is 21.7 Å². The lowest BCUT2D eigenvalue weighted by Crippen LogP contribution is -2.58. The van der Waals surface area contributed by atoms with Gasteiger partial charge in [-0.25, -0.2) is 0 Å². The number of primary amides is 2. The number of hydrogen-bond donors (Lipinski definition) is 14. The number of phenols is 1. The zero-order chi connectivity index (χ0) is 91.2. The minimum absolute atomic E-state index is 0.0142. The Hall–Kier alpha value is -9.82. The minimum Gasteiger partial charge on any atom is -0.508 e. The molecule has 4 aliphatic heterocycles. The predicted octanol–water partition coefficient (Wildman–Crippen LogP) is 3.76. The highest BCUT2D eigenvalue weighted by Crippen LogP contribution is 2.30. The number of nitrogens with one attached hydrogen (secondary N) is 8. The number of Topliss-reactive ketones (excluding diaryl/α,β-unsaturated/α-hetero) is 4. The molecule has 4 aliphatic rings. The van der Waals surface area contributed by atoms with Gasteiger partial charge in [-0.2, -0.15) is 23.5 Å². The summed E-state index contributed by atoms with van der Waals surface area (Å²) in [6, 6.07) is 11.4. The summed E-state index contributed by atoms with van der Waals surface area (Å²) in [4.78, 5) is 228. The highest BCUT2D eigenvalue weighted by Gasteiger charge is 2.43. The molecule has 2 aromatic heterocycles. The first-order valence-corrected chi connectivity index (χ1v) is 47.2. The van der Waals surface area contributed by atoms with Gasteiger partial charge in [-0.05, 0) is 165 Å². The average Bonchev–Trinajstić information content (AvgIpc) is 1.74. The van der Waals surface area contributed by atoms with Crippen molar-refractivity contribution in [3.8, 4) is 5.75 Å². The lowest BCUT2D eigenvalue weighted by molar-refractivity contribution is -0.142. The fourth-order valence-electron chi connectivity index (χ4n) is 15.2. The molecule has 125 heavy (non-hydrogen) atoms. The standard InChI is InChI=1S/C44H62ClN9O8S2.C43H61N7O9S2/c1-26(2)38-42(61)51-33(24-37(46)57)36(56)22-29(43(62)54-17-5-10-35(54)41(60)49-15-3-4-16-50-44(47)48)25-63-18-6-8-31(55)21-28(20-27-11-13-30(45)14-12-27)39(58)52-34(40(59)53-38)23-32-9-7-19-64-32;1-26(2)38-42(58)47-33(24-37(45)54)36(53)22-29(43(59)50-17-5-10-35(50)41(57)46-16-4-3-15-44)25-60-18-6-8-31(52)21-28(20-27-11-13-30(51)14-12-27)39(55)48-34(40(56)49-38)23-32-9-7-19-61-32/h7,9,11-14,19,26,28-29,33-35,38H,3-6,8,10,15-18,20-25H2,1-2H3,(H2,46,57)(H,49,60)(H,51,61)(H,52,58)(H,53,59)(H4,47,48,50);7,9,11-14,19,26,28-29,33-35,38,51H,3-6,8,10,15-18,20-25,44H2,1-2H3,(H2,45,54)(H,46,57)(H,47,58)(H,48,55)(H,49,56)/t2*28-,29+,33+,34+,35+,38+/m11/s1. The van der Waals surface area contributed by atoms with Crippen LogP contribution in [0.15, 0.2) is 88.5 Å². The molecule has 0 unspecified atom stereocenters. The summed E-state index contributed by atoms with van der Waals surface area (Å²) < 4.78 is 0. The number of aliphatic imine (C=N–C) groups is 1. The first kappa shape index (κ1) is 102. The lowest BCUT2D eigenvalue weighted by atomic mass is 9.91. The van der Waals surface area contributed by atoms with E-state index in [-0.39, 0.29) is 111 Å². The number of amides is 12. The number of carbonyl (C=O) groups excluding carboxylic acids is 16. The third kappa shape index (κ3) is 34.8. The molecule has 0 saturated carbocycles. The Morgan fingerprint density at radius 3 is 1.30 bits per heavy atom. The van der Waals surface area contributed by atoms with Crippen molar-refractivity contribution in [3.05, 3.63) is 109 Å². The second-order valence-corrected chi connectivity index (χ2v) is 37.6. The molecule has 0 bridgehead atoms. The van der Waals surface area contributed by atoms with Crippen LogP contribution in [0.4, 0.5) is 0 Å². The van der Waals surface area contributed by atoms with Crippen LogP contribution in [0.3, 0.4) is 0 Å². The van der Waals surface area contributed by atoms with Gasteiger partial charge in [0.2, 0.25) is 70.9 Å². The van der Waals surface area contributed by atoms with E-state index < -0.39 is 167 Å². The molecule has 0 radical (unpaired) electrons. The van der Waals surface area contributed by atoms with Crippen molar-refractivity contribution >= 4 is 158 Å². The number of benzene rings is 2. The van der Waals surface area contributed by atoms with Gasteiger partial charge in [-0.15, -0.1) is 22.7 Å². The Balaban J connectivity index is 0.000000344. The molecular weight excluding hydrogens is 1700 g/mol. The van der Waals surface area contributed by atoms with E-state index in [9.17, 15) is 81.8 Å². The number of thiophene rings is 2. The number of aromatic hydroxyl groups is 1. The molecule has 4 saturated heterocycles. The number of guanidine groups is 1. The van der Waals surface area contributed by atoms with Crippen molar-refractivity contribution in [1.29, 1.82) is 0 Å². The molecule has 2 aromatic carbocycles. The number of nitrogens with zero attached hydrogens (tertiary/aromatic N) is 3. The molecule has 12 amide bonds. The molecule has 8 rings (SSSR count). The molecule has 19 N–H and O–H groups in total. The number of nitrogens with two attached hydrogens (primary N) is 5. The van der Waals surface area contributed by atoms with Gasteiger partial charge in [-0.1, -0.05) is 75.7 Å². The van der Waals surface area contributed by atoms with Crippen molar-refractivity contribution in [3.63, 3.8) is 0 Å². The van der Waals surface area contributed by atoms with Crippen LogP contribution in [-0.2, 0) is 102 Å². The Morgan fingerprint density at radius 2 is 0.912 bits per heavy atom. The normalized spacial score (nSPS) is 23.8. The van der Waals surface area contributed by atoms with E-state index in [2.05, 4.69) is 47.5 Å². The third-order valence-electron chi connectivity index (χ3n) is 22.0. The number of ketones is 4. The van der Waals surface area contributed by atoms with Gasteiger partial charge in [0.05, 0.1) is 36.8 Å². The number of rotatable bonds is 27. The first-order chi connectivity index (χ1) is 59.7. The Bertz CT molecular complexity index is 4330. The molecule has 6 heterocycles. The first-order valence-electron chi connectivity index (χ1n) is 42.8. The summed E-state index contributed by atoms with van der Waals surface area (Å²) >= 11 is 11.6. The Labute approximate surface area is 751 Å². The second kappa shape index (κ2) is 53.0. The van der Waals surface area contributed by atoms with Crippen LogP contribution < -0.4 is 71.2 Å². The summed E-state index contributed by atoms with van der Waals surface area (Å²) in [7, 11) is 0. The third-order valence-corrected chi connectivity index (χ3v) is 26.4. The van der Waals surface area contributed by atoms with Crippen LogP contribution in [0, 0.1) is 35.5 Å². The Morgan fingerprint density at radius 1 is 0.504 bits per heavy atom. The monoisotopic (exact) mass is 1830 g/mol. The number of unbranched alkanes of at least 4 members (excludes halogenated alkanes) is 2. The van der Waals surface area contributed by atoms with Crippen LogP contribution in [0.1, 0.15) is 164 Å². The predicted molar refractivity (Wildman–Crippen MR) is 481 cm³/mol. The topological polar surface area (TPSA) is 539 Å². The van der Waals surface area contributed by atoms with Gasteiger partial charge in [0.25, 0.3) is 0 Å². The van der Waals surface area contributed by atoms with Crippen molar-refractivity contribution in [1.82, 2.24) is 52.3 Å². The number of hydrogen-bond acceptors (Lipinski definition) is 23. The molecule has 684 valence electrons. The van der Waals surface area contributed by atoms with Crippen LogP contribution in [0.2, 0.25) is 5.02 Å². The van der Waals surface area contributed by atoms with Gasteiger partial charge in [0.1, 0.15) is 53.6 Å². The van der Waals surface area contributed by atoms with Crippen LogP contribution in [-0.4, -0.2) is 225 Å². The van der Waals surface area contributed by atoms with E-state index in [1.807, 2.05) is 29.0 Å². The smallest absolute Gasteiger partial charge is 0.243 e. The summed E-state index contributed by atoms with van der Waals surface area (Å²) in [5.41, 5.74) is 29.0. The number of likely N-dealkylation sites (tertiary alicyclic amines) is 2. The SMILES string of the molecule is CC(C)[C@@H]1NC(=O)[C@H](Cc2cccs2)NC(=O)[C@H](Cc2ccc(Cl)cc2)CC(=O)CCCSC[C@@H](C(=O)N2CCC[C@H]2C(=O)NCCCCN=C(N)N)CC(=O)[C@H](CC(N)=O)NC1=O.CC(C)[C@@H]1NC(=O)[C@H](Cc2cccs2)NC(=O)[C@H](Cc2ccc(O)cc2)CC(=O)CCCSC[C@@H](C(=O)N2CCC[C@H]2C(=O)NCCCCN)CC(=O)[C@H](CC(N)=O)NC1=O. The van der Waals surface area contributed by atoms with Crippen LogP contribution in [0.25, 0.3) is 0 Å². The van der Waals surface area contributed by atoms with Crippen molar-refractivity contribution in [2.24, 2.45) is 69.2 Å². The summed E-state index contributed by atoms with van der Waals surface area (Å²) in [6.45, 7) is 9.02. The average molecular weight is 1830 g/mol. The summed E-state index contributed by atoms with van der Waals surface area (Å²) in [6.07, 6.45) is 4.23. The summed E-state index contributed by atoms with van der Waals surface area (Å²) in [5.74, 6) is -12.2. The quantitative estimate of drug-likeness (QED) is 0.0229.